The molecule has 1 saturated heterocycles. The van der Waals surface area contributed by atoms with Crippen LogP contribution in [0.4, 0.5) is 0 Å². The molecule has 1 aromatic rings. The number of aromatic nitrogens is 2. The third-order valence-electron chi connectivity index (χ3n) is 3.95. The molecular formula is C16H27N5O2. The molecule has 0 spiro atoms. The van der Waals surface area contributed by atoms with E-state index in [1.54, 1.807) is 6.07 Å². The fourth-order valence-electron chi connectivity index (χ4n) is 2.52. The van der Waals surface area contributed by atoms with E-state index < -0.39 is 0 Å². The highest BCUT2D eigenvalue weighted by Gasteiger charge is 2.17. The molecule has 1 fully saturated rings. The van der Waals surface area contributed by atoms with Crippen LogP contribution >= 0.6 is 0 Å². The van der Waals surface area contributed by atoms with Crippen LogP contribution in [-0.4, -0.2) is 47.8 Å². The molecule has 128 valence electrons. The Hall–Kier alpha value is -1.89. The first kappa shape index (κ1) is 17.5. The second-order valence-electron chi connectivity index (χ2n) is 6.24. The van der Waals surface area contributed by atoms with Crippen LogP contribution in [-0.2, 0) is 4.79 Å². The quantitative estimate of drug-likeness (QED) is 0.645. The highest BCUT2D eigenvalue weighted by Crippen LogP contribution is 2.15. The molecule has 2 rings (SSSR count). The van der Waals surface area contributed by atoms with Gasteiger partial charge in [0.1, 0.15) is 5.69 Å². The lowest BCUT2D eigenvalue weighted by atomic mass is 10.1. The standard InChI is InChI=1S/C16H27N5O2/c1-12(2)15(22)18-8-4-9-19-16(23)14-6-10-21(20-14)13-5-3-7-17-11-13/h6,10,12-13,17H,3-5,7-9,11H2,1-2H3,(H,18,22)(H,19,23). The largest absolute Gasteiger partial charge is 0.356 e. The van der Waals surface area contributed by atoms with Gasteiger partial charge in [0.2, 0.25) is 5.91 Å². The molecule has 2 heterocycles. The third kappa shape index (κ3) is 5.35. The maximum atomic E-state index is 12.1. The maximum Gasteiger partial charge on any atom is 0.271 e. The van der Waals surface area contributed by atoms with Gasteiger partial charge in [-0.25, -0.2) is 0 Å². The molecule has 0 radical (unpaired) electrons. The summed E-state index contributed by atoms with van der Waals surface area (Å²) in [6.07, 6.45) is 4.80. The second kappa shape index (κ2) is 8.67. The van der Waals surface area contributed by atoms with Gasteiger partial charge in [0, 0.05) is 31.7 Å². The SMILES string of the molecule is CC(C)C(=O)NCCCNC(=O)c1ccn(C2CCCNC2)n1. The monoisotopic (exact) mass is 321 g/mol. The highest BCUT2D eigenvalue weighted by molar-refractivity contribution is 5.92. The van der Waals surface area contributed by atoms with Gasteiger partial charge < -0.3 is 16.0 Å². The van der Waals surface area contributed by atoms with Crippen molar-refractivity contribution in [2.45, 2.75) is 39.2 Å². The summed E-state index contributed by atoms with van der Waals surface area (Å²) in [7, 11) is 0. The Morgan fingerprint density at radius 1 is 1.39 bits per heavy atom. The Morgan fingerprint density at radius 2 is 2.17 bits per heavy atom. The van der Waals surface area contributed by atoms with Gasteiger partial charge >= 0.3 is 0 Å². The molecule has 3 N–H and O–H groups in total. The van der Waals surface area contributed by atoms with Crippen molar-refractivity contribution in [2.24, 2.45) is 5.92 Å². The molecule has 1 aliphatic heterocycles. The van der Waals surface area contributed by atoms with Crippen LogP contribution in [0.1, 0.15) is 49.6 Å². The van der Waals surface area contributed by atoms with E-state index in [2.05, 4.69) is 21.0 Å². The summed E-state index contributed by atoms with van der Waals surface area (Å²) >= 11 is 0. The van der Waals surface area contributed by atoms with Gasteiger partial charge in [0.15, 0.2) is 0 Å². The first-order valence-electron chi connectivity index (χ1n) is 8.39. The Bertz CT molecular complexity index is 520. The molecule has 1 aliphatic rings. The van der Waals surface area contributed by atoms with E-state index in [1.165, 1.54) is 0 Å². The number of carbonyl (C=O) groups excluding carboxylic acids is 2. The molecule has 23 heavy (non-hydrogen) atoms. The molecule has 7 nitrogen and oxygen atoms in total. The van der Waals surface area contributed by atoms with Crippen molar-refractivity contribution in [2.75, 3.05) is 26.2 Å². The fourth-order valence-corrected chi connectivity index (χ4v) is 2.52. The predicted octanol–water partition coefficient (Wildman–Crippen LogP) is 0.700. The predicted molar refractivity (Wildman–Crippen MR) is 88.2 cm³/mol. The number of carbonyl (C=O) groups is 2. The Balaban J connectivity index is 1.69. The van der Waals surface area contributed by atoms with Crippen molar-refractivity contribution in [1.82, 2.24) is 25.7 Å². The fraction of sp³-hybridized carbons (Fsp3) is 0.688. The molecule has 0 saturated carbocycles. The molecule has 1 atom stereocenters. The Kier molecular flexibility index (Phi) is 6.58. The molecule has 0 bridgehead atoms. The van der Waals surface area contributed by atoms with Crippen LogP contribution in [0.15, 0.2) is 12.3 Å². The Morgan fingerprint density at radius 3 is 2.87 bits per heavy atom. The van der Waals surface area contributed by atoms with E-state index in [0.717, 1.165) is 25.9 Å². The second-order valence-corrected chi connectivity index (χ2v) is 6.24. The average Bonchev–Trinajstić information content (AvgIpc) is 3.05. The number of rotatable bonds is 7. The van der Waals surface area contributed by atoms with Crippen molar-refractivity contribution in [3.8, 4) is 0 Å². The molecule has 1 aromatic heterocycles. The van der Waals surface area contributed by atoms with Crippen molar-refractivity contribution < 1.29 is 9.59 Å². The van der Waals surface area contributed by atoms with Gasteiger partial charge in [-0.05, 0) is 31.9 Å². The number of nitrogens with zero attached hydrogens (tertiary/aromatic N) is 2. The van der Waals surface area contributed by atoms with Crippen LogP contribution < -0.4 is 16.0 Å². The van der Waals surface area contributed by atoms with Gasteiger partial charge in [0.25, 0.3) is 5.91 Å². The van der Waals surface area contributed by atoms with Crippen molar-refractivity contribution >= 4 is 11.8 Å². The number of hydrogen-bond donors (Lipinski definition) is 3. The summed E-state index contributed by atoms with van der Waals surface area (Å²) in [6.45, 7) is 6.76. The van der Waals surface area contributed by atoms with Gasteiger partial charge in [-0.15, -0.1) is 0 Å². The summed E-state index contributed by atoms with van der Waals surface area (Å²) < 4.78 is 1.88. The van der Waals surface area contributed by atoms with Gasteiger partial charge in [-0.1, -0.05) is 13.8 Å². The van der Waals surface area contributed by atoms with E-state index in [4.69, 9.17) is 0 Å². The summed E-state index contributed by atoms with van der Waals surface area (Å²) in [5, 5.41) is 13.4. The van der Waals surface area contributed by atoms with E-state index in [0.29, 0.717) is 31.2 Å². The molecule has 0 aromatic carbocycles. The topological polar surface area (TPSA) is 88.0 Å². The lowest BCUT2D eigenvalue weighted by Crippen LogP contribution is -2.33. The Labute approximate surface area is 137 Å². The van der Waals surface area contributed by atoms with Crippen LogP contribution in [0.25, 0.3) is 0 Å². The first-order chi connectivity index (χ1) is 11.1. The zero-order valence-electron chi connectivity index (χ0n) is 14.0. The van der Waals surface area contributed by atoms with Gasteiger partial charge in [-0.2, -0.15) is 5.10 Å². The zero-order chi connectivity index (χ0) is 16.7. The third-order valence-corrected chi connectivity index (χ3v) is 3.95. The van der Waals surface area contributed by atoms with E-state index >= 15 is 0 Å². The molecule has 0 aliphatic carbocycles. The van der Waals surface area contributed by atoms with Crippen LogP contribution in [0.5, 0.6) is 0 Å². The molecule has 7 heteroatoms. The lowest BCUT2D eigenvalue weighted by molar-refractivity contribution is -0.123. The first-order valence-corrected chi connectivity index (χ1v) is 8.39. The number of amides is 2. The van der Waals surface area contributed by atoms with E-state index in [9.17, 15) is 9.59 Å². The van der Waals surface area contributed by atoms with E-state index in [1.807, 2.05) is 24.7 Å². The minimum atomic E-state index is -0.164. The lowest BCUT2D eigenvalue weighted by Gasteiger charge is -2.22. The van der Waals surface area contributed by atoms with E-state index in [-0.39, 0.29) is 17.7 Å². The van der Waals surface area contributed by atoms with Crippen LogP contribution in [0.3, 0.4) is 0 Å². The van der Waals surface area contributed by atoms with Crippen LogP contribution in [0.2, 0.25) is 0 Å². The van der Waals surface area contributed by atoms with Crippen LogP contribution in [0, 0.1) is 5.92 Å². The summed E-state index contributed by atoms with van der Waals surface area (Å²) in [5.74, 6) is -0.137. The van der Waals surface area contributed by atoms with Gasteiger partial charge in [-0.3, -0.25) is 14.3 Å². The van der Waals surface area contributed by atoms with Crippen molar-refractivity contribution in [1.29, 1.82) is 0 Å². The van der Waals surface area contributed by atoms with Gasteiger partial charge in [0.05, 0.1) is 6.04 Å². The number of hydrogen-bond acceptors (Lipinski definition) is 4. The number of nitrogens with one attached hydrogen (secondary N) is 3. The van der Waals surface area contributed by atoms with Crippen molar-refractivity contribution in [3.63, 3.8) is 0 Å². The molecular weight excluding hydrogens is 294 g/mol. The van der Waals surface area contributed by atoms with Crippen molar-refractivity contribution in [3.05, 3.63) is 18.0 Å². The smallest absolute Gasteiger partial charge is 0.271 e. The normalized spacial score (nSPS) is 18.0. The molecule has 1 unspecified atom stereocenters. The highest BCUT2D eigenvalue weighted by atomic mass is 16.2. The summed E-state index contributed by atoms with van der Waals surface area (Å²) in [6, 6.07) is 2.08. The number of piperidine rings is 1. The maximum absolute atomic E-state index is 12.1. The minimum Gasteiger partial charge on any atom is -0.356 e. The zero-order valence-corrected chi connectivity index (χ0v) is 14.0. The molecule has 2 amide bonds. The average molecular weight is 321 g/mol. The summed E-state index contributed by atoms with van der Waals surface area (Å²) in [5.41, 5.74) is 0.446. The minimum absolute atomic E-state index is 0.0113. The summed E-state index contributed by atoms with van der Waals surface area (Å²) in [4.78, 5) is 23.5.